The third kappa shape index (κ3) is 4.19. The number of urea groups is 1. The summed E-state index contributed by atoms with van der Waals surface area (Å²) in [4.78, 5) is 21.5. The monoisotopic (exact) mass is 284 g/mol. The fourth-order valence-corrected chi connectivity index (χ4v) is 3.81. The molecule has 2 aliphatic rings. The number of fused-ring (bicyclic) bond motifs is 1. The van der Waals surface area contributed by atoms with Crippen LogP contribution >= 0.6 is 11.8 Å². The smallest absolute Gasteiger partial charge is 0.315 e. The van der Waals surface area contributed by atoms with E-state index in [2.05, 4.69) is 10.6 Å². The van der Waals surface area contributed by atoms with E-state index >= 15 is 0 Å². The zero-order chi connectivity index (χ0) is 11.5. The van der Waals surface area contributed by atoms with Crippen LogP contribution < -0.4 is 10.6 Å². The van der Waals surface area contributed by atoms with E-state index in [9.17, 15) is 9.59 Å². The van der Waals surface area contributed by atoms with Gasteiger partial charge in [-0.2, -0.15) is 11.8 Å². The number of rotatable bonds is 5. The number of carbonyl (C=O) groups is 2. The molecule has 0 aromatic carbocycles. The van der Waals surface area contributed by atoms with Crippen LogP contribution in [0.15, 0.2) is 0 Å². The average molecular weight is 284 g/mol. The summed E-state index contributed by atoms with van der Waals surface area (Å²) in [6.07, 6.45) is 2.88. The van der Waals surface area contributed by atoms with Crippen molar-refractivity contribution >= 4 is 61.5 Å². The Kier molecular flexibility index (Phi) is 6.40. The number of carboxylic acid groups (broad SMARTS) is 1. The summed E-state index contributed by atoms with van der Waals surface area (Å²) in [5, 5.41) is 14.8. The van der Waals surface area contributed by atoms with Crippen molar-refractivity contribution in [1.82, 2.24) is 10.6 Å². The standard InChI is InChI=1S/C10H16N2O3S.Ca/c13-8(14)4-2-1-3-7-9-6(5-16-7)11-10(15)12-9;/h6-7,9H,1-5H2,(H,13,14)(H2,11,12,15);/t6-,7-,9-;/m0./s1. The largest absolute Gasteiger partial charge is 0.481 e. The number of carboxylic acids is 1. The fraction of sp³-hybridized carbons (Fsp3) is 0.800. The van der Waals surface area contributed by atoms with Crippen LogP contribution in [-0.4, -0.2) is 77.9 Å². The Morgan fingerprint density at radius 1 is 1.41 bits per heavy atom. The van der Waals surface area contributed by atoms with Gasteiger partial charge in [0.05, 0.1) is 12.1 Å². The van der Waals surface area contributed by atoms with Gasteiger partial charge in [0.1, 0.15) is 0 Å². The third-order valence-corrected chi connectivity index (χ3v) is 4.58. The quantitative estimate of drug-likeness (QED) is 0.388. The molecule has 2 saturated heterocycles. The second kappa shape index (κ2) is 7.07. The summed E-state index contributed by atoms with van der Waals surface area (Å²) >= 11 is 1.87. The molecule has 0 unspecified atom stereocenters. The molecule has 2 rings (SSSR count). The number of nitrogens with one attached hydrogen (secondary N) is 2. The molecule has 17 heavy (non-hydrogen) atoms. The summed E-state index contributed by atoms with van der Waals surface area (Å²) in [5.74, 6) is 0.236. The van der Waals surface area contributed by atoms with Crippen LogP contribution in [0, 0.1) is 0 Å². The van der Waals surface area contributed by atoms with Gasteiger partial charge in [-0.25, -0.2) is 4.79 Å². The number of thioether (sulfide) groups is 1. The van der Waals surface area contributed by atoms with Crippen molar-refractivity contribution in [2.75, 3.05) is 5.75 Å². The minimum atomic E-state index is -0.729. The molecule has 92 valence electrons. The van der Waals surface area contributed by atoms with Crippen molar-refractivity contribution in [3.05, 3.63) is 0 Å². The van der Waals surface area contributed by atoms with Gasteiger partial charge < -0.3 is 15.7 Å². The molecule has 0 spiro atoms. The molecule has 2 fully saturated rings. The van der Waals surface area contributed by atoms with Crippen LogP contribution in [0.5, 0.6) is 0 Å². The van der Waals surface area contributed by atoms with Crippen LogP contribution in [0.25, 0.3) is 0 Å². The summed E-state index contributed by atoms with van der Waals surface area (Å²) in [7, 11) is 0. The summed E-state index contributed by atoms with van der Waals surface area (Å²) in [6.45, 7) is 0. The summed E-state index contributed by atoms with van der Waals surface area (Å²) in [6, 6.07) is 0.440. The van der Waals surface area contributed by atoms with Gasteiger partial charge in [-0.1, -0.05) is 6.42 Å². The second-order valence-corrected chi connectivity index (χ2v) is 5.53. The molecule has 0 aliphatic carbocycles. The first kappa shape index (κ1) is 15.4. The molecule has 2 heterocycles. The number of unbranched alkanes of at least 4 members (excludes halogenated alkanes) is 1. The number of aliphatic carboxylic acids is 1. The van der Waals surface area contributed by atoms with Crippen molar-refractivity contribution in [3.8, 4) is 0 Å². The molecule has 0 bridgehead atoms. The Hall–Kier alpha value is 0.350. The Balaban J connectivity index is 0.00000144. The second-order valence-electron chi connectivity index (χ2n) is 4.26. The van der Waals surface area contributed by atoms with Gasteiger partial charge >= 0.3 is 12.0 Å². The van der Waals surface area contributed by atoms with E-state index in [1.807, 2.05) is 11.8 Å². The van der Waals surface area contributed by atoms with Crippen LogP contribution in [0.3, 0.4) is 0 Å². The Bertz CT molecular complexity index is 303. The molecule has 3 N–H and O–H groups in total. The van der Waals surface area contributed by atoms with E-state index in [1.54, 1.807) is 0 Å². The first-order chi connectivity index (χ1) is 7.66. The molecule has 0 saturated carbocycles. The van der Waals surface area contributed by atoms with Crippen LogP contribution in [0.2, 0.25) is 0 Å². The van der Waals surface area contributed by atoms with Gasteiger partial charge in [0.2, 0.25) is 0 Å². The maximum absolute atomic E-state index is 11.1. The van der Waals surface area contributed by atoms with Crippen molar-refractivity contribution in [2.45, 2.75) is 43.0 Å². The van der Waals surface area contributed by atoms with Gasteiger partial charge in [-0.3, -0.25) is 4.79 Å². The molecule has 3 atom stereocenters. The minimum absolute atomic E-state index is 0. The van der Waals surface area contributed by atoms with E-state index in [1.165, 1.54) is 0 Å². The van der Waals surface area contributed by atoms with E-state index in [0.717, 1.165) is 25.0 Å². The molecule has 2 aliphatic heterocycles. The SMILES string of the molecule is O=C(O)CCCC[C@@H]1SC[C@@H]2NC(=O)N[C@@H]21.[Ca]. The minimum Gasteiger partial charge on any atom is -0.481 e. The molecular weight excluding hydrogens is 268 g/mol. The first-order valence-corrected chi connectivity index (χ1v) is 6.62. The topological polar surface area (TPSA) is 78.4 Å². The van der Waals surface area contributed by atoms with E-state index in [0.29, 0.717) is 5.25 Å². The predicted octanol–water partition coefficient (Wildman–Crippen LogP) is 0.416. The zero-order valence-electron chi connectivity index (χ0n) is 9.65. The molecule has 5 nitrogen and oxygen atoms in total. The van der Waals surface area contributed by atoms with Crippen molar-refractivity contribution < 1.29 is 14.7 Å². The van der Waals surface area contributed by atoms with Crippen LogP contribution in [-0.2, 0) is 4.79 Å². The molecule has 2 amide bonds. The van der Waals surface area contributed by atoms with Crippen molar-refractivity contribution in [2.24, 2.45) is 0 Å². The van der Waals surface area contributed by atoms with E-state index in [4.69, 9.17) is 5.11 Å². The average Bonchev–Trinajstić information content (AvgIpc) is 2.72. The molecule has 0 aromatic rings. The molecule has 0 aromatic heterocycles. The van der Waals surface area contributed by atoms with Gasteiger partial charge in [-0.05, 0) is 12.8 Å². The molecule has 2 radical (unpaired) electrons. The normalized spacial score (nSPS) is 30.1. The Morgan fingerprint density at radius 2 is 2.18 bits per heavy atom. The maximum atomic E-state index is 11.1. The summed E-state index contributed by atoms with van der Waals surface area (Å²) < 4.78 is 0. The van der Waals surface area contributed by atoms with Crippen LogP contribution in [0.4, 0.5) is 4.79 Å². The van der Waals surface area contributed by atoms with Crippen molar-refractivity contribution in [1.29, 1.82) is 0 Å². The number of hydrogen-bond acceptors (Lipinski definition) is 3. The van der Waals surface area contributed by atoms with Gasteiger partial charge in [-0.15, -0.1) is 0 Å². The molecular formula is C10H16CaN2O3S. The van der Waals surface area contributed by atoms with Gasteiger partial charge in [0, 0.05) is 55.2 Å². The first-order valence-electron chi connectivity index (χ1n) is 5.57. The Labute approximate surface area is 134 Å². The number of hydrogen-bond donors (Lipinski definition) is 3. The third-order valence-electron chi connectivity index (χ3n) is 3.07. The number of amides is 2. The zero-order valence-corrected chi connectivity index (χ0v) is 12.7. The van der Waals surface area contributed by atoms with Crippen LogP contribution in [0.1, 0.15) is 25.7 Å². The van der Waals surface area contributed by atoms with Gasteiger partial charge in [0.15, 0.2) is 0 Å². The van der Waals surface area contributed by atoms with E-state index < -0.39 is 5.97 Å². The fourth-order valence-electron chi connectivity index (χ4n) is 2.26. The van der Waals surface area contributed by atoms with Gasteiger partial charge in [0.25, 0.3) is 0 Å². The van der Waals surface area contributed by atoms with Crippen molar-refractivity contribution in [3.63, 3.8) is 0 Å². The van der Waals surface area contributed by atoms with E-state index in [-0.39, 0.29) is 62.3 Å². The predicted molar refractivity (Wildman–Crippen MR) is 67.3 cm³/mol. The number of carbonyl (C=O) groups excluding carboxylic acids is 1. The maximum Gasteiger partial charge on any atom is 0.315 e. The summed E-state index contributed by atoms with van der Waals surface area (Å²) in [5.41, 5.74) is 0. The molecule has 7 heteroatoms. The Morgan fingerprint density at radius 3 is 2.88 bits per heavy atom.